The molecule has 0 spiro atoms. The highest BCUT2D eigenvalue weighted by atomic mass is 16.5. The lowest BCUT2D eigenvalue weighted by Crippen LogP contribution is -2.50. The zero-order valence-electron chi connectivity index (χ0n) is 12.0. The molecule has 1 aliphatic carbocycles. The van der Waals surface area contributed by atoms with Crippen molar-refractivity contribution in [2.24, 2.45) is 0 Å². The number of carbonyl (C=O) groups excluding carboxylic acids is 1. The maximum atomic E-state index is 12.0. The van der Waals surface area contributed by atoms with Gasteiger partial charge in [0.25, 0.3) is 5.91 Å². The maximum Gasteiger partial charge on any atom is 0.251 e. The topological polar surface area (TPSA) is 70.6 Å². The third kappa shape index (κ3) is 3.43. The first-order chi connectivity index (χ1) is 10.2. The maximum absolute atomic E-state index is 12.0. The Hall–Kier alpha value is -1.43. The van der Waals surface area contributed by atoms with Gasteiger partial charge < -0.3 is 20.5 Å². The van der Waals surface area contributed by atoms with E-state index in [2.05, 4.69) is 10.6 Å². The summed E-state index contributed by atoms with van der Waals surface area (Å²) in [6.07, 6.45) is 2.71. The molecule has 3 rings (SSSR count). The lowest BCUT2D eigenvalue weighted by molar-refractivity contribution is 0.0392. The molecule has 1 aromatic rings. The lowest BCUT2D eigenvalue weighted by Gasteiger charge is -2.30. The molecule has 1 saturated heterocycles. The fraction of sp³-hybridized carbons (Fsp3) is 0.562. The van der Waals surface area contributed by atoms with E-state index < -0.39 is 6.10 Å². The molecule has 3 N–H and O–H groups in total. The second-order valence-electron chi connectivity index (χ2n) is 5.84. The number of aliphatic hydroxyl groups is 1. The molecule has 1 aromatic carbocycles. The van der Waals surface area contributed by atoms with Crippen LogP contribution < -0.4 is 10.6 Å². The second-order valence-corrected chi connectivity index (χ2v) is 5.84. The minimum Gasteiger partial charge on any atom is -0.389 e. The number of ether oxygens (including phenoxy) is 1. The average molecular weight is 290 g/mol. The second kappa shape index (κ2) is 6.56. The number of aliphatic hydroxyl groups excluding tert-OH is 1. The van der Waals surface area contributed by atoms with Gasteiger partial charge in [-0.15, -0.1) is 0 Å². The Labute approximate surface area is 124 Å². The van der Waals surface area contributed by atoms with Gasteiger partial charge >= 0.3 is 0 Å². The van der Waals surface area contributed by atoms with E-state index in [1.807, 2.05) is 18.2 Å². The molecule has 0 aromatic heterocycles. The van der Waals surface area contributed by atoms with E-state index in [9.17, 15) is 9.90 Å². The van der Waals surface area contributed by atoms with Crippen molar-refractivity contribution in [1.29, 1.82) is 0 Å². The number of hydrogen-bond acceptors (Lipinski definition) is 4. The fourth-order valence-corrected chi connectivity index (χ4v) is 2.77. The summed E-state index contributed by atoms with van der Waals surface area (Å²) in [5, 5.41) is 16.5. The summed E-state index contributed by atoms with van der Waals surface area (Å²) in [6, 6.07) is 9.56. The van der Waals surface area contributed by atoms with Crippen LogP contribution in [-0.4, -0.2) is 48.5 Å². The van der Waals surface area contributed by atoms with Crippen molar-refractivity contribution in [3.8, 4) is 0 Å². The van der Waals surface area contributed by atoms with Crippen molar-refractivity contribution >= 4 is 5.91 Å². The van der Waals surface area contributed by atoms with Crippen molar-refractivity contribution in [2.75, 3.05) is 13.2 Å². The van der Waals surface area contributed by atoms with Gasteiger partial charge in [-0.05, 0) is 25.0 Å². The van der Waals surface area contributed by atoms with E-state index in [-0.39, 0.29) is 18.1 Å². The van der Waals surface area contributed by atoms with Crippen LogP contribution in [0.3, 0.4) is 0 Å². The molecule has 2 aliphatic rings. The number of benzene rings is 1. The first-order valence-corrected chi connectivity index (χ1v) is 7.63. The zero-order valence-corrected chi connectivity index (χ0v) is 12.0. The summed E-state index contributed by atoms with van der Waals surface area (Å²) in [5.41, 5.74) is 0.620. The van der Waals surface area contributed by atoms with Crippen molar-refractivity contribution in [1.82, 2.24) is 10.6 Å². The summed E-state index contributed by atoms with van der Waals surface area (Å²) >= 11 is 0. The molecule has 2 fully saturated rings. The highest BCUT2D eigenvalue weighted by molar-refractivity contribution is 5.94. The van der Waals surface area contributed by atoms with Crippen LogP contribution in [0.1, 0.15) is 29.6 Å². The van der Waals surface area contributed by atoms with Gasteiger partial charge in [0.2, 0.25) is 0 Å². The average Bonchev–Trinajstić information content (AvgIpc) is 2.82. The van der Waals surface area contributed by atoms with Gasteiger partial charge in [-0.3, -0.25) is 4.79 Å². The number of hydrogen-bond donors (Lipinski definition) is 3. The van der Waals surface area contributed by atoms with Crippen LogP contribution in [0.25, 0.3) is 0 Å². The molecule has 1 heterocycles. The van der Waals surface area contributed by atoms with E-state index in [1.165, 1.54) is 19.3 Å². The molecule has 0 unspecified atom stereocenters. The Balaban J connectivity index is 1.46. The molecule has 21 heavy (non-hydrogen) atoms. The summed E-state index contributed by atoms with van der Waals surface area (Å²) in [7, 11) is 0. The molecular weight excluding hydrogens is 268 g/mol. The summed E-state index contributed by atoms with van der Waals surface area (Å²) in [5.74, 6) is -0.137. The molecule has 1 aliphatic heterocycles. The molecule has 5 nitrogen and oxygen atoms in total. The van der Waals surface area contributed by atoms with E-state index in [0.29, 0.717) is 24.8 Å². The van der Waals surface area contributed by atoms with E-state index in [1.54, 1.807) is 12.1 Å². The van der Waals surface area contributed by atoms with Gasteiger partial charge in [0, 0.05) is 18.2 Å². The third-order valence-corrected chi connectivity index (χ3v) is 4.34. The summed E-state index contributed by atoms with van der Waals surface area (Å²) < 4.78 is 5.61. The van der Waals surface area contributed by atoms with Crippen molar-refractivity contribution in [2.45, 2.75) is 43.6 Å². The number of nitrogens with one attached hydrogen (secondary N) is 2. The predicted octanol–water partition coefficient (Wildman–Crippen LogP) is 0.687. The van der Waals surface area contributed by atoms with Crippen molar-refractivity contribution in [3.63, 3.8) is 0 Å². The largest absolute Gasteiger partial charge is 0.389 e. The van der Waals surface area contributed by atoms with Crippen molar-refractivity contribution < 1.29 is 14.6 Å². The molecular formula is C16H22N2O3. The van der Waals surface area contributed by atoms with E-state index >= 15 is 0 Å². The summed E-state index contributed by atoms with van der Waals surface area (Å²) in [6.45, 7) is 0.835. The smallest absolute Gasteiger partial charge is 0.251 e. The Morgan fingerprint density at radius 2 is 2.05 bits per heavy atom. The SMILES string of the molecule is O=C(NC[C@H]1OC[C@@H](NC2CCC2)[C@@H]1O)c1ccccc1. The Kier molecular flexibility index (Phi) is 4.53. The van der Waals surface area contributed by atoms with Crippen LogP contribution in [0.4, 0.5) is 0 Å². The Morgan fingerprint density at radius 3 is 2.71 bits per heavy atom. The third-order valence-electron chi connectivity index (χ3n) is 4.34. The van der Waals surface area contributed by atoms with Crippen LogP contribution in [0.15, 0.2) is 30.3 Å². The first-order valence-electron chi connectivity index (χ1n) is 7.63. The van der Waals surface area contributed by atoms with Gasteiger partial charge in [-0.1, -0.05) is 24.6 Å². The zero-order chi connectivity index (χ0) is 14.7. The number of rotatable bonds is 5. The molecule has 0 bridgehead atoms. The standard InChI is InChI=1S/C16H22N2O3/c19-15-13(18-12-7-4-8-12)10-21-14(15)9-17-16(20)11-5-2-1-3-6-11/h1-3,5-6,12-15,18-19H,4,7-10H2,(H,17,20)/t13-,14-,15+/m1/s1. The Bertz CT molecular complexity index is 476. The highest BCUT2D eigenvalue weighted by Gasteiger charge is 2.37. The molecule has 0 radical (unpaired) electrons. The van der Waals surface area contributed by atoms with Crippen molar-refractivity contribution in [3.05, 3.63) is 35.9 Å². The van der Waals surface area contributed by atoms with Crippen LogP contribution in [0.2, 0.25) is 0 Å². The Morgan fingerprint density at radius 1 is 1.29 bits per heavy atom. The normalized spacial score (nSPS) is 29.1. The summed E-state index contributed by atoms with van der Waals surface area (Å²) in [4.78, 5) is 12.0. The van der Waals surface area contributed by atoms with E-state index in [4.69, 9.17) is 4.74 Å². The lowest BCUT2D eigenvalue weighted by atomic mass is 9.92. The molecule has 3 atom stereocenters. The van der Waals surface area contributed by atoms with Crippen LogP contribution >= 0.6 is 0 Å². The molecule has 5 heteroatoms. The number of carbonyl (C=O) groups is 1. The number of amides is 1. The highest BCUT2D eigenvalue weighted by Crippen LogP contribution is 2.22. The van der Waals surface area contributed by atoms with Gasteiger partial charge in [-0.2, -0.15) is 0 Å². The van der Waals surface area contributed by atoms with Crippen LogP contribution in [-0.2, 0) is 4.74 Å². The molecule has 1 amide bonds. The molecule has 1 saturated carbocycles. The minimum absolute atomic E-state index is 0.0195. The monoisotopic (exact) mass is 290 g/mol. The van der Waals surface area contributed by atoms with E-state index in [0.717, 1.165) is 0 Å². The van der Waals surface area contributed by atoms with Gasteiger partial charge in [0.05, 0.1) is 18.8 Å². The van der Waals surface area contributed by atoms with Crippen LogP contribution in [0, 0.1) is 0 Å². The van der Waals surface area contributed by atoms with Gasteiger partial charge in [0.1, 0.15) is 6.10 Å². The quantitative estimate of drug-likeness (QED) is 0.746. The fourth-order valence-electron chi connectivity index (χ4n) is 2.77. The molecule has 114 valence electrons. The predicted molar refractivity (Wildman–Crippen MR) is 79.1 cm³/mol. The first kappa shape index (κ1) is 14.5. The van der Waals surface area contributed by atoms with Gasteiger partial charge in [0.15, 0.2) is 0 Å². The van der Waals surface area contributed by atoms with Crippen LogP contribution in [0.5, 0.6) is 0 Å². The van der Waals surface area contributed by atoms with Gasteiger partial charge in [-0.25, -0.2) is 0 Å². The minimum atomic E-state index is -0.568.